The minimum Gasteiger partial charge on any atom is -0.478 e. The van der Waals surface area contributed by atoms with Crippen LogP contribution in [0.5, 0.6) is 0 Å². The van der Waals surface area contributed by atoms with Gasteiger partial charge in [0.1, 0.15) is 0 Å². The first-order valence-corrected chi connectivity index (χ1v) is 6.21. The van der Waals surface area contributed by atoms with Crippen LogP contribution in [0.4, 0.5) is 0 Å². The SMILES string of the molecule is O=C(O)c1ccc(CNC2CCC2)cc1Br. The van der Waals surface area contributed by atoms with Gasteiger partial charge in [-0.1, -0.05) is 12.5 Å². The van der Waals surface area contributed by atoms with Crippen LogP contribution < -0.4 is 5.32 Å². The molecular weight excluding hydrogens is 270 g/mol. The zero-order valence-corrected chi connectivity index (χ0v) is 10.5. The predicted octanol–water partition coefficient (Wildman–Crippen LogP) is 2.79. The van der Waals surface area contributed by atoms with Crippen LogP contribution in [0.2, 0.25) is 0 Å². The molecule has 86 valence electrons. The van der Waals surface area contributed by atoms with Crippen LogP contribution >= 0.6 is 15.9 Å². The van der Waals surface area contributed by atoms with Gasteiger partial charge in [0.25, 0.3) is 0 Å². The number of halogens is 1. The standard InChI is InChI=1S/C12H14BrNO2/c13-11-6-8(4-5-10(11)12(15)16)7-14-9-2-1-3-9/h4-6,9,14H,1-3,7H2,(H,15,16). The highest BCUT2D eigenvalue weighted by atomic mass is 79.9. The molecule has 0 heterocycles. The Labute approximate surface area is 103 Å². The zero-order valence-electron chi connectivity index (χ0n) is 8.87. The highest BCUT2D eigenvalue weighted by Gasteiger charge is 2.16. The van der Waals surface area contributed by atoms with Crippen molar-refractivity contribution in [1.29, 1.82) is 0 Å². The largest absolute Gasteiger partial charge is 0.478 e. The summed E-state index contributed by atoms with van der Waals surface area (Å²) in [4.78, 5) is 10.8. The number of rotatable bonds is 4. The molecule has 0 aromatic heterocycles. The van der Waals surface area contributed by atoms with Crippen LogP contribution in [0.3, 0.4) is 0 Å². The van der Waals surface area contributed by atoms with Crippen LogP contribution in [-0.4, -0.2) is 17.1 Å². The lowest BCUT2D eigenvalue weighted by molar-refractivity contribution is 0.0696. The number of nitrogens with one attached hydrogen (secondary N) is 1. The van der Waals surface area contributed by atoms with Crippen LogP contribution in [0.1, 0.15) is 35.2 Å². The molecule has 1 aromatic carbocycles. The molecular formula is C12H14BrNO2. The number of hydrogen-bond acceptors (Lipinski definition) is 2. The minimum atomic E-state index is -0.898. The summed E-state index contributed by atoms with van der Waals surface area (Å²) in [5.74, 6) is -0.898. The Bertz CT molecular complexity index is 402. The van der Waals surface area contributed by atoms with Crippen molar-refractivity contribution >= 4 is 21.9 Å². The molecule has 1 saturated carbocycles. The van der Waals surface area contributed by atoms with Crippen LogP contribution in [0, 0.1) is 0 Å². The third kappa shape index (κ3) is 2.62. The summed E-state index contributed by atoms with van der Waals surface area (Å²) in [6.07, 6.45) is 3.84. The van der Waals surface area contributed by atoms with Gasteiger partial charge in [0.05, 0.1) is 5.56 Å². The molecule has 16 heavy (non-hydrogen) atoms. The summed E-state index contributed by atoms with van der Waals surface area (Å²) in [5, 5.41) is 12.3. The Hall–Kier alpha value is -0.870. The third-order valence-electron chi connectivity index (χ3n) is 2.96. The molecule has 0 unspecified atom stereocenters. The van der Waals surface area contributed by atoms with Gasteiger partial charge in [-0.3, -0.25) is 0 Å². The molecule has 2 N–H and O–H groups in total. The molecule has 0 saturated heterocycles. The summed E-state index contributed by atoms with van der Waals surface area (Å²) in [7, 11) is 0. The summed E-state index contributed by atoms with van der Waals surface area (Å²) in [6.45, 7) is 0.809. The van der Waals surface area contributed by atoms with Gasteiger partial charge >= 0.3 is 5.97 Å². The Morgan fingerprint density at radius 1 is 1.50 bits per heavy atom. The van der Waals surface area contributed by atoms with Gasteiger partial charge in [0, 0.05) is 17.1 Å². The first kappa shape index (κ1) is 11.6. The van der Waals surface area contributed by atoms with E-state index in [1.807, 2.05) is 12.1 Å². The van der Waals surface area contributed by atoms with Gasteiger partial charge in [0.15, 0.2) is 0 Å². The average molecular weight is 284 g/mol. The predicted molar refractivity (Wildman–Crippen MR) is 65.6 cm³/mol. The molecule has 0 aliphatic heterocycles. The highest BCUT2D eigenvalue weighted by Crippen LogP contribution is 2.21. The second kappa shape index (κ2) is 4.97. The van der Waals surface area contributed by atoms with E-state index in [1.54, 1.807) is 6.07 Å². The molecule has 1 fully saturated rings. The fraction of sp³-hybridized carbons (Fsp3) is 0.417. The van der Waals surface area contributed by atoms with Crippen molar-refractivity contribution in [3.63, 3.8) is 0 Å². The first-order chi connectivity index (χ1) is 7.66. The van der Waals surface area contributed by atoms with E-state index >= 15 is 0 Å². The molecule has 1 aliphatic rings. The molecule has 4 heteroatoms. The van der Waals surface area contributed by atoms with Gasteiger partial charge in [-0.05, 0) is 46.5 Å². The molecule has 2 rings (SSSR count). The maximum Gasteiger partial charge on any atom is 0.336 e. The van der Waals surface area contributed by atoms with E-state index in [1.165, 1.54) is 19.3 Å². The van der Waals surface area contributed by atoms with Crippen molar-refractivity contribution in [1.82, 2.24) is 5.32 Å². The lowest BCUT2D eigenvalue weighted by atomic mass is 9.93. The fourth-order valence-electron chi connectivity index (χ4n) is 1.72. The number of carboxylic acids is 1. The summed E-state index contributed by atoms with van der Waals surface area (Å²) < 4.78 is 0.646. The van der Waals surface area contributed by atoms with Gasteiger partial charge in [-0.25, -0.2) is 4.79 Å². The quantitative estimate of drug-likeness (QED) is 0.893. The van der Waals surface area contributed by atoms with Crippen LogP contribution in [0.25, 0.3) is 0 Å². The maximum atomic E-state index is 10.8. The van der Waals surface area contributed by atoms with Gasteiger partial charge in [-0.15, -0.1) is 0 Å². The van der Waals surface area contributed by atoms with Crippen molar-refractivity contribution in [3.05, 3.63) is 33.8 Å². The Morgan fingerprint density at radius 3 is 2.75 bits per heavy atom. The highest BCUT2D eigenvalue weighted by molar-refractivity contribution is 9.10. The second-order valence-electron chi connectivity index (χ2n) is 4.13. The van der Waals surface area contributed by atoms with Crippen molar-refractivity contribution in [2.24, 2.45) is 0 Å². The van der Waals surface area contributed by atoms with Crippen molar-refractivity contribution in [3.8, 4) is 0 Å². The van der Waals surface area contributed by atoms with Crippen LogP contribution in [0.15, 0.2) is 22.7 Å². The van der Waals surface area contributed by atoms with Crippen molar-refractivity contribution < 1.29 is 9.90 Å². The number of carbonyl (C=O) groups is 1. The molecule has 0 amide bonds. The van der Waals surface area contributed by atoms with Gasteiger partial charge in [-0.2, -0.15) is 0 Å². The van der Waals surface area contributed by atoms with E-state index < -0.39 is 5.97 Å². The monoisotopic (exact) mass is 283 g/mol. The molecule has 1 aromatic rings. The number of aromatic carboxylic acids is 1. The van der Waals surface area contributed by atoms with E-state index in [4.69, 9.17) is 5.11 Å². The summed E-state index contributed by atoms with van der Waals surface area (Å²) in [6, 6.07) is 6.03. The van der Waals surface area contributed by atoms with E-state index in [-0.39, 0.29) is 0 Å². The smallest absolute Gasteiger partial charge is 0.336 e. The van der Waals surface area contributed by atoms with Gasteiger partial charge < -0.3 is 10.4 Å². The topological polar surface area (TPSA) is 49.3 Å². The van der Waals surface area contributed by atoms with E-state index in [9.17, 15) is 4.79 Å². The first-order valence-electron chi connectivity index (χ1n) is 5.42. The van der Waals surface area contributed by atoms with E-state index in [2.05, 4.69) is 21.2 Å². The molecule has 0 atom stereocenters. The Balaban J connectivity index is 1.99. The lowest BCUT2D eigenvalue weighted by Crippen LogP contribution is -2.34. The van der Waals surface area contributed by atoms with E-state index in [0.29, 0.717) is 16.1 Å². The summed E-state index contributed by atoms with van der Waals surface area (Å²) in [5.41, 5.74) is 1.43. The number of benzene rings is 1. The molecule has 3 nitrogen and oxygen atoms in total. The number of hydrogen-bond donors (Lipinski definition) is 2. The molecule has 0 bridgehead atoms. The fourth-order valence-corrected chi connectivity index (χ4v) is 2.31. The van der Waals surface area contributed by atoms with Crippen molar-refractivity contribution in [2.45, 2.75) is 31.8 Å². The summed E-state index contributed by atoms with van der Waals surface area (Å²) >= 11 is 3.28. The van der Waals surface area contributed by atoms with E-state index in [0.717, 1.165) is 12.1 Å². The second-order valence-corrected chi connectivity index (χ2v) is 4.98. The molecule has 1 aliphatic carbocycles. The van der Waals surface area contributed by atoms with Gasteiger partial charge in [0.2, 0.25) is 0 Å². The normalized spacial score (nSPS) is 15.8. The average Bonchev–Trinajstić information content (AvgIpc) is 2.14. The Morgan fingerprint density at radius 2 is 2.25 bits per heavy atom. The number of carboxylic acid groups (broad SMARTS) is 1. The molecule has 0 spiro atoms. The third-order valence-corrected chi connectivity index (χ3v) is 3.62. The lowest BCUT2D eigenvalue weighted by Gasteiger charge is -2.26. The molecule has 0 radical (unpaired) electrons. The van der Waals surface area contributed by atoms with Crippen LogP contribution in [-0.2, 0) is 6.54 Å². The minimum absolute atomic E-state index is 0.312. The zero-order chi connectivity index (χ0) is 11.5. The van der Waals surface area contributed by atoms with Crippen molar-refractivity contribution in [2.75, 3.05) is 0 Å². The Kier molecular flexibility index (Phi) is 3.61. The maximum absolute atomic E-state index is 10.8.